The van der Waals surface area contributed by atoms with Gasteiger partial charge in [-0.05, 0) is 75.0 Å². The number of aromatic nitrogens is 3. The summed E-state index contributed by atoms with van der Waals surface area (Å²) in [6, 6.07) is 11.5. The molecule has 1 atom stereocenters. The second kappa shape index (κ2) is 10.6. The zero-order valence-corrected chi connectivity index (χ0v) is 19.2. The van der Waals surface area contributed by atoms with E-state index in [-0.39, 0.29) is 5.91 Å². The molecule has 0 radical (unpaired) electrons. The SMILES string of the molecule is O=C(c1ccc(Oc2nc(-c3cccnc3)ncc2NC[C@@H]2CCCN2)cc1)N1CCCCC1. The molecule has 0 unspecified atom stereocenters. The molecule has 2 fully saturated rings. The molecule has 0 aliphatic carbocycles. The van der Waals surface area contributed by atoms with Crippen LogP contribution in [-0.4, -0.2) is 58.0 Å². The lowest BCUT2D eigenvalue weighted by Crippen LogP contribution is -2.35. The van der Waals surface area contributed by atoms with E-state index < -0.39 is 0 Å². The van der Waals surface area contributed by atoms with Crippen LogP contribution in [0, 0.1) is 0 Å². The number of rotatable bonds is 7. The van der Waals surface area contributed by atoms with Gasteiger partial charge in [-0.25, -0.2) is 4.98 Å². The first kappa shape index (κ1) is 22.3. The highest BCUT2D eigenvalue weighted by Crippen LogP contribution is 2.30. The van der Waals surface area contributed by atoms with Gasteiger partial charge in [0.25, 0.3) is 5.91 Å². The molecule has 0 spiro atoms. The van der Waals surface area contributed by atoms with Crippen LogP contribution in [0.5, 0.6) is 11.6 Å². The molecule has 34 heavy (non-hydrogen) atoms. The summed E-state index contributed by atoms with van der Waals surface area (Å²) in [5.41, 5.74) is 2.23. The maximum atomic E-state index is 12.8. The number of anilines is 1. The van der Waals surface area contributed by atoms with E-state index in [0.29, 0.717) is 29.1 Å². The number of hydrogen-bond donors (Lipinski definition) is 2. The summed E-state index contributed by atoms with van der Waals surface area (Å²) in [6.07, 6.45) is 10.9. The lowest BCUT2D eigenvalue weighted by Gasteiger charge is -2.26. The molecule has 2 aliphatic rings. The van der Waals surface area contributed by atoms with Gasteiger partial charge in [-0.1, -0.05) is 0 Å². The van der Waals surface area contributed by atoms with Crippen molar-refractivity contribution in [3.63, 3.8) is 0 Å². The Morgan fingerprint density at radius 2 is 1.94 bits per heavy atom. The van der Waals surface area contributed by atoms with Crippen molar-refractivity contribution < 1.29 is 9.53 Å². The van der Waals surface area contributed by atoms with Crippen LogP contribution < -0.4 is 15.4 Å². The molecule has 0 bridgehead atoms. The van der Waals surface area contributed by atoms with E-state index in [1.165, 1.54) is 12.8 Å². The van der Waals surface area contributed by atoms with Crippen molar-refractivity contribution in [2.24, 2.45) is 0 Å². The second-order valence-electron chi connectivity index (χ2n) is 8.81. The molecule has 1 aromatic carbocycles. The van der Waals surface area contributed by atoms with Crippen molar-refractivity contribution in [3.8, 4) is 23.0 Å². The largest absolute Gasteiger partial charge is 0.437 e. The molecule has 5 rings (SSSR count). The average molecular weight is 459 g/mol. The molecule has 176 valence electrons. The normalized spacial score (nSPS) is 18.0. The third kappa shape index (κ3) is 5.34. The van der Waals surface area contributed by atoms with E-state index >= 15 is 0 Å². The highest BCUT2D eigenvalue weighted by molar-refractivity contribution is 5.94. The summed E-state index contributed by atoms with van der Waals surface area (Å²) in [5, 5.41) is 6.93. The Bertz CT molecular complexity index is 1090. The predicted octanol–water partition coefficient (Wildman–Crippen LogP) is 4.12. The molecule has 8 heteroatoms. The van der Waals surface area contributed by atoms with Gasteiger partial charge in [0.1, 0.15) is 11.4 Å². The first-order valence-electron chi connectivity index (χ1n) is 12.1. The lowest BCUT2D eigenvalue weighted by atomic mass is 10.1. The van der Waals surface area contributed by atoms with Crippen molar-refractivity contribution in [1.29, 1.82) is 0 Å². The van der Waals surface area contributed by atoms with Crippen molar-refractivity contribution in [1.82, 2.24) is 25.2 Å². The lowest BCUT2D eigenvalue weighted by molar-refractivity contribution is 0.0724. The van der Waals surface area contributed by atoms with E-state index in [2.05, 4.69) is 25.6 Å². The Kier molecular flexibility index (Phi) is 6.95. The number of amides is 1. The molecule has 4 heterocycles. The van der Waals surface area contributed by atoms with Crippen LogP contribution in [0.25, 0.3) is 11.4 Å². The first-order valence-corrected chi connectivity index (χ1v) is 12.1. The minimum atomic E-state index is 0.0820. The van der Waals surface area contributed by atoms with E-state index in [0.717, 1.165) is 56.7 Å². The fraction of sp³-hybridized carbons (Fsp3) is 0.385. The van der Waals surface area contributed by atoms with Crippen molar-refractivity contribution in [2.75, 3.05) is 31.5 Å². The van der Waals surface area contributed by atoms with Gasteiger partial charge in [0.2, 0.25) is 5.88 Å². The standard InChI is InChI=1S/C26H30N6O2/c33-26(32-14-2-1-3-15-32)19-8-10-22(11-9-19)34-25-23(29-17-21-7-5-13-28-21)18-30-24(31-25)20-6-4-12-27-16-20/h4,6,8-12,16,18,21,28-29H,1-3,5,7,13-15,17H2/t21-/m0/s1. The third-order valence-corrected chi connectivity index (χ3v) is 6.33. The van der Waals surface area contributed by atoms with Gasteiger partial charge in [-0.3, -0.25) is 9.78 Å². The zero-order chi connectivity index (χ0) is 23.2. The fourth-order valence-corrected chi connectivity index (χ4v) is 4.42. The van der Waals surface area contributed by atoms with Gasteiger partial charge in [-0.2, -0.15) is 4.98 Å². The van der Waals surface area contributed by atoms with Crippen molar-refractivity contribution >= 4 is 11.6 Å². The zero-order valence-electron chi connectivity index (χ0n) is 19.2. The van der Waals surface area contributed by atoms with Crippen LogP contribution in [0.2, 0.25) is 0 Å². The van der Waals surface area contributed by atoms with Crippen LogP contribution >= 0.6 is 0 Å². The number of nitrogens with one attached hydrogen (secondary N) is 2. The maximum absolute atomic E-state index is 12.8. The molecule has 8 nitrogen and oxygen atoms in total. The molecular weight excluding hydrogens is 428 g/mol. The Morgan fingerprint density at radius 1 is 1.09 bits per heavy atom. The fourth-order valence-electron chi connectivity index (χ4n) is 4.42. The number of piperidine rings is 1. The monoisotopic (exact) mass is 458 g/mol. The van der Waals surface area contributed by atoms with Crippen LogP contribution in [0.15, 0.2) is 55.0 Å². The second-order valence-corrected chi connectivity index (χ2v) is 8.81. The highest BCUT2D eigenvalue weighted by atomic mass is 16.5. The maximum Gasteiger partial charge on any atom is 0.253 e. The molecule has 1 amide bonds. The van der Waals surface area contributed by atoms with Gasteiger partial charge in [0.15, 0.2) is 5.82 Å². The molecule has 2 N–H and O–H groups in total. The minimum absolute atomic E-state index is 0.0820. The van der Waals surface area contributed by atoms with Crippen molar-refractivity contribution in [3.05, 3.63) is 60.6 Å². The first-order chi connectivity index (χ1) is 16.8. The van der Waals surface area contributed by atoms with Gasteiger partial charge in [0.05, 0.1) is 6.20 Å². The Morgan fingerprint density at radius 3 is 2.68 bits per heavy atom. The number of benzene rings is 1. The van der Waals surface area contributed by atoms with Crippen LogP contribution in [0.3, 0.4) is 0 Å². The van der Waals surface area contributed by atoms with Crippen molar-refractivity contribution in [2.45, 2.75) is 38.1 Å². The number of likely N-dealkylation sites (tertiary alicyclic amines) is 1. The predicted molar refractivity (Wildman–Crippen MR) is 131 cm³/mol. The Balaban J connectivity index is 1.35. The number of carbonyl (C=O) groups is 1. The summed E-state index contributed by atoms with van der Waals surface area (Å²) in [5.74, 6) is 1.69. The highest BCUT2D eigenvalue weighted by Gasteiger charge is 2.19. The minimum Gasteiger partial charge on any atom is -0.437 e. The van der Waals surface area contributed by atoms with Gasteiger partial charge >= 0.3 is 0 Å². The molecule has 2 aromatic heterocycles. The number of nitrogens with zero attached hydrogens (tertiary/aromatic N) is 4. The number of pyridine rings is 1. The number of ether oxygens (including phenoxy) is 1. The van der Waals surface area contributed by atoms with E-state index in [1.807, 2.05) is 41.3 Å². The van der Waals surface area contributed by atoms with Crippen LogP contribution in [-0.2, 0) is 0 Å². The Hall–Kier alpha value is -3.52. The molecule has 0 saturated carbocycles. The molecule has 2 aliphatic heterocycles. The molecule has 3 aromatic rings. The Labute approximate surface area is 199 Å². The van der Waals surface area contributed by atoms with Gasteiger partial charge in [-0.15, -0.1) is 0 Å². The third-order valence-electron chi connectivity index (χ3n) is 6.33. The van der Waals surface area contributed by atoms with Gasteiger partial charge < -0.3 is 20.3 Å². The number of carbonyl (C=O) groups excluding carboxylic acids is 1. The quantitative estimate of drug-likeness (QED) is 0.550. The molecule has 2 saturated heterocycles. The summed E-state index contributed by atoms with van der Waals surface area (Å²) in [7, 11) is 0. The topological polar surface area (TPSA) is 92.3 Å². The summed E-state index contributed by atoms with van der Waals surface area (Å²) in [4.78, 5) is 28.1. The summed E-state index contributed by atoms with van der Waals surface area (Å²) >= 11 is 0. The summed E-state index contributed by atoms with van der Waals surface area (Å²) < 4.78 is 6.19. The average Bonchev–Trinajstić information content (AvgIpc) is 3.43. The number of hydrogen-bond acceptors (Lipinski definition) is 7. The smallest absolute Gasteiger partial charge is 0.253 e. The van der Waals surface area contributed by atoms with E-state index in [9.17, 15) is 4.79 Å². The van der Waals surface area contributed by atoms with Crippen LogP contribution in [0.4, 0.5) is 5.69 Å². The van der Waals surface area contributed by atoms with E-state index in [1.54, 1.807) is 18.6 Å². The molecular formula is C26H30N6O2. The van der Waals surface area contributed by atoms with E-state index in [4.69, 9.17) is 4.74 Å². The van der Waals surface area contributed by atoms with Gasteiger partial charge in [0, 0.05) is 49.2 Å². The summed E-state index contributed by atoms with van der Waals surface area (Å²) in [6.45, 7) is 3.49. The van der Waals surface area contributed by atoms with Crippen LogP contribution in [0.1, 0.15) is 42.5 Å².